The summed E-state index contributed by atoms with van der Waals surface area (Å²) >= 11 is 0.910. The number of nitrogens with one attached hydrogen (secondary N) is 4. The van der Waals surface area contributed by atoms with Gasteiger partial charge in [-0.3, -0.25) is 23.9 Å². The number of pyridine rings is 1. The van der Waals surface area contributed by atoms with E-state index in [0.717, 1.165) is 43.7 Å². The van der Waals surface area contributed by atoms with Gasteiger partial charge in [0.05, 0.1) is 18.0 Å². The molecule has 51 heavy (non-hydrogen) atoms. The Labute approximate surface area is 290 Å². The number of anilines is 1. The molecule has 24 nitrogen and oxygen atoms in total. The third-order valence-electron chi connectivity index (χ3n) is 6.87. The number of β-lactam (4-membered cyclic amide) rings is 1. The summed E-state index contributed by atoms with van der Waals surface area (Å²) < 4.78 is 53.5. The molecule has 4 amide bonds. The van der Waals surface area contributed by atoms with Crippen molar-refractivity contribution in [2.75, 3.05) is 18.5 Å². The SMILES string of the molecule is C[C@H]1[C@H](NC(=O)/C(=N\OC(C)(C)C(=O)O)c2csc(N)n2)C(=O)N1C(=O)NS(=O)(=O)n1nc(-c2cc(=O)c(O)c[nH]2)n(CCNS(C)(=O)=O)c1=O. The number of imide groups is 1. The highest BCUT2D eigenvalue weighted by molar-refractivity contribution is 7.88. The molecule has 0 bridgehead atoms. The number of carbonyl (C=O) groups is 4. The number of carboxylic acids is 1. The van der Waals surface area contributed by atoms with E-state index in [1.54, 1.807) is 0 Å². The lowest BCUT2D eigenvalue weighted by Gasteiger charge is -2.43. The fourth-order valence-corrected chi connectivity index (χ4v) is 6.08. The van der Waals surface area contributed by atoms with Crippen LogP contribution in [-0.2, 0) is 46.0 Å². The number of likely N-dealkylation sites (tertiary alicyclic amines) is 1. The van der Waals surface area contributed by atoms with Gasteiger partial charge < -0.3 is 31.1 Å². The van der Waals surface area contributed by atoms with Crippen LogP contribution in [-0.4, -0.2) is 116 Å². The Morgan fingerprint density at radius 1 is 1.20 bits per heavy atom. The molecule has 3 aromatic rings. The molecule has 1 fully saturated rings. The van der Waals surface area contributed by atoms with Gasteiger partial charge in [0, 0.05) is 30.7 Å². The number of aromatic nitrogens is 5. The van der Waals surface area contributed by atoms with Crippen molar-refractivity contribution < 1.29 is 51.1 Å². The quantitative estimate of drug-likeness (QED) is 0.0503. The Balaban J connectivity index is 1.55. The molecule has 1 saturated heterocycles. The maximum absolute atomic E-state index is 13.2. The first-order valence-corrected chi connectivity index (χ1v) is 18.2. The van der Waals surface area contributed by atoms with Crippen molar-refractivity contribution in [3.8, 4) is 17.3 Å². The molecule has 4 rings (SSSR count). The summed E-state index contributed by atoms with van der Waals surface area (Å²) in [6, 6.07) is -3.43. The van der Waals surface area contributed by atoms with Gasteiger partial charge in [-0.1, -0.05) is 9.24 Å². The number of hydrogen-bond acceptors (Lipinski definition) is 17. The van der Waals surface area contributed by atoms with Crippen LogP contribution in [0.1, 0.15) is 26.5 Å². The second-order valence-electron chi connectivity index (χ2n) is 11.1. The van der Waals surface area contributed by atoms with Crippen molar-refractivity contribution in [1.29, 1.82) is 0 Å². The molecule has 0 saturated carbocycles. The maximum Gasteiger partial charge on any atom is 0.362 e. The minimum absolute atomic E-state index is 0.0122. The van der Waals surface area contributed by atoms with Crippen LogP contribution in [0.2, 0.25) is 0 Å². The average molecular weight is 776 g/mol. The van der Waals surface area contributed by atoms with E-state index in [1.807, 2.05) is 0 Å². The molecule has 4 heterocycles. The van der Waals surface area contributed by atoms with Crippen LogP contribution in [0.4, 0.5) is 9.93 Å². The van der Waals surface area contributed by atoms with Crippen LogP contribution < -0.4 is 31.6 Å². The van der Waals surface area contributed by atoms with Crippen molar-refractivity contribution >= 4 is 66.2 Å². The summed E-state index contributed by atoms with van der Waals surface area (Å²) in [6.45, 7) is 2.60. The Morgan fingerprint density at radius 3 is 2.41 bits per heavy atom. The second-order valence-corrected chi connectivity index (χ2v) is 15.3. The van der Waals surface area contributed by atoms with E-state index in [9.17, 15) is 55.8 Å². The monoisotopic (exact) mass is 775 g/mol. The number of amides is 4. The first-order valence-electron chi connectivity index (χ1n) is 14.0. The smallest absolute Gasteiger partial charge is 0.362 e. The topological polar surface area (TPSA) is 350 Å². The van der Waals surface area contributed by atoms with Crippen LogP contribution in [0.3, 0.4) is 0 Å². The molecule has 0 aromatic carbocycles. The number of aromatic amines is 1. The number of carbonyl (C=O) groups excluding carboxylic acids is 3. The van der Waals surface area contributed by atoms with Crippen LogP contribution in [0, 0.1) is 0 Å². The van der Waals surface area contributed by atoms with Gasteiger partial charge in [-0.05, 0) is 20.8 Å². The van der Waals surface area contributed by atoms with E-state index in [4.69, 9.17) is 10.6 Å². The molecule has 1 aliphatic heterocycles. The summed E-state index contributed by atoms with van der Waals surface area (Å²) in [5.74, 6) is -4.87. The summed E-state index contributed by atoms with van der Waals surface area (Å²) in [4.78, 5) is 87.6. The number of aliphatic carboxylic acids is 1. The number of H-pyrrole nitrogens is 1. The Hall–Kier alpha value is -5.67. The Kier molecular flexibility index (Phi) is 10.4. The van der Waals surface area contributed by atoms with E-state index < -0.39 is 103 Å². The minimum Gasteiger partial charge on any atom is -0.503 e. The number of sulfonamides is 1. The van der Waals surface area contributed by atoms with Crippen LogP contribution >= 0.6 is 11.3 Å². The van der Waals surface area contributed by atoms with Crippen LogP contribution in [0.15, 0.2) is 32.4 Å². The standard InChI is InChI=1S/C24H29N11O13S3/c1-10-15(29-18(38)16(12-9-49-21(25)28-12)31-48-24(2,3)20(40)41)19(39)34(10)22(42)32-51(46,47)35-23(43)33(6-5-27-50(4,44)45)17(30-35)11-7-13(36)14(37)8-26-11/h7-10,15,27,37H,5-6H2,1-4H3,(H2,25,28)(H,26,36)(H,29,38)(H,32,42)(H,40,41)/b31-16-/t10-,15-/m0/s1. The van der Waals surface area contributed by atoms with Crippen LogP contribution in [0.25, 0.3) is 11.5 Å². The number of rotatable bonds is 13. The normalized spacial score (nSPS) is 16.7. The molecule has 276 valence electrons. The fourth-order valence-electron chi connectivity index (χ4n) is 4.17. The highest BCUT2D eigenvalue weighted by Gasteiger charge is 2.50. The number of hydrogen-bond donors (Lipinski definition) is 7. The van der Waals surface area contributed by atoms with E-state index in [-0.39, 0.29) is 20.6 Å². The third-order valence-corrected chi connectivity index (χ3v) is 9.40. The van der Waals surface area contributed by atoms with Gasteiger partial charge in [0.25, 0.3) is 11.8 Å². The molecule has 0 radical (unpaired) electrons. The van der Waals surface area contributed by atoms with E-state index >= 15 is 0 Å². The number of nitrogens with two attached hydrogens (primary N) is 1. The predicted molar refractivity (Wildman–Crippen MR) is 174 cm³/mol. The van der Waals surface area contributed by atoms with Crippen molar-refractivity contribution in [2.45, 2.75) is 45.0 Å². The van der Waals surface area contributed by atoms with E-state index in [2.05, 4.69) is 30.3 Å². The number of oxime groups is 1. The lowest BCUT2D eigenvalue weighted by molar-refractivity contribution is -0.161. The lowest BCUT2D eigenvalue weighted by Crippen LogP contribution is -2.73. The Morgan fingerprint density at radius 2 is 1.86 bits per heavy atom. The van der Waals surface area contributed by atoms with Gasteiger partial charge in [0.2, 0.25) is 21.1 Å². The number of nitrogens with zero attached hydrogens (tertiary/aromatic N) is 6. The highest BCUT2D eigenvalue weighted by Crippen LogP contribution is 2.22. The fraction of sp³-hybridized carbons (Fsp3) is 0.375. The van der Waals surface area contributed by atoms with Gasteiger partial charge in [-0.25, -0.2) is 37.2 Å². The average Bonchev–Trinajstić information content (AvgIpc) is 3.59. The number of urea groups is 1. The number of nitrogen functional groups attached to an aromatic ring is 1. The molecule has 3 aromatic heterocycles. The highest BCUT2D eigenvalue weighted by atomic mass is 32.2. The van der Waals surface area contributed by atoms with Gasteiger partial charge >= 0.3 is 27.9 Å². The van der Waals surface area contributed by atoms with Crippen molar-refractivity contribution in [3.63, 3.8) is 0 Å². The van der Waals surface area contributed by atoms with E-state index in [1.165, 1.54) is 17.0 Å². The number of carboxylic acid groups (broad SMARTS) is 1. The van der Waals surface area contributed by atoms with Crippen LogP contribution in [0.5, 0.6) is 5.75 Å². The third kappa shape index (κ3) is 8.22. The first kappa shape index (κ1) is 38.1. The molecule has 0 aliphatic carbocycles. The van der Waals surface area contributed by atoms with Crippen molar-refractivity contribution in [3.05, 3.63) is 44.0 Å². The molecule has 27 heteroatoms. The summed E-state index contributed by atoms with van der Waals surface area (Å²) in [5, 5.41) is 29.7. The predicted octanol–water partition coefficient (Wildman–Crippen LogP) is -3.50. The second kappa shape index (κ2) is 13.9. The largest absolute Gasteiger partial charge is 0.503 e. The van der Waals surface area contributed by atoms with Crippen molar-refractivity contribution in [1.82, 2.24) is 43.4 Å². The maximum atomic E-state index is 13.2. The lowest BCUT2D eigenvalue weighted by atomic mass is 9.97. The molecule has 1 aliphatic rings. The molecular weight excluding hydrogens is 747 g/mol. The molecule has 0 unspecified atom stereocenters. The summed E-state index contributed by atoms with van der Waals surface area (Å²) in [5.41, 5.74) is 0.381. The minimum atomic E-state index is -5.25. The van der Waals surface area contributed by atoms with Gasteiger partial charge in [0.1, 0.15) is 11.7 Å². The summed E-state index contributed by atoms with van der Waals surface area (Å²) in [6.07, 6.45) is 1.65. The molecular formula is C24H29N11O13S3. The Bertz CT molecular complexity index is 2290. The van der Waals surface area contributed by atoms with Gasteiger partial charge in [0.15, 0.2) is 22.4 Å². The number of thiazole rings is 1. The molecule has 0 spiro atoms. The van der Waals surface area contributed by atoms with Gasteiger partial charge in [-0.2, -0.15) is 8.42 Å². The molecule has 2 atom stereocenters. The number of aromatic hydroxyl groups is 1. The first-order chi connectivity index (χ1) is 23.5. The zero-order chi connectivity index (χ0) is 38.2. The van der Waals surface area contributed by atoms with Crippen molar-refractivity contribution in [2.24, 2.45) is 5.16 Å². The zero-order valence-corrected chi connectivity index (χ0v) is 29.1. The van der Waals surface area contributed by atoms with Gasteiger partial charge in [-0.15, -0.1) is 16.4 Å². The molecule has 8 N–H and O–H groups in total. The van der Waals surface area contributed by atoms with E-state index in [0.29, 0.717) is 9.47 Å². The zero-order valence-electron chi connectivity index (χ0n) is 26.7. The summed E-state index contributed by atoms with van der Waals surface area (Å²) in [7, 11) is -9.00.